The van der Waals surface area contributed by atoms with Crippen LogP contribution in [0.1, 0.15) is 15.9 Å². The smallest absolute Gasteiger partial charge is 0.335 e. The minimum Gasteiger partial charge on any atom is -0.478 e. The molecule has 0 aromatic heterocycles. The second-order valence-corrected chi connectivity index (χ2v) is 4.72. The van der Waals surface area contributed by atoms with Gasteiger partial charge in [-0.05, 0) is 31.0 Å². The SMILES string of the molecule is CSCCN(C)Cc1cccc(C(=O)O)c1. The van der Waals surface area contributed by atoms with E-state index in [0.717, 1.165) is 24.4 Å². The Labute approximate surface area is 100 Å². The van der Waals surface area contributed by atoms with Gasteiger partial charge in [-0.3, -0.25) is 0 Å². The van der Waals surface area contributed by atoms with Crippen molar-refractivity contribution in [3.8, 4) is 0 Å². The first-order valence-electron chi connectivity index (χ1n) is 5.13. The fourth-order valence-electron chi connectivity index (χ4n) is 1.44. The van der Waals surface area contributed by atoms with Gasteiger partial charge in [-0.15, -0.1) is 0 Å². The van der Waals surface area contributed by atoms with Crippen LogP contribution in [-0.4, -0.2) is 41.6 Å². The Bertz CT molecular complexity index is 355. The molecular weight excluding hydrogens is 222 g/mol. The highest BCUT2D eigenvalue weighted by Crippen LogP contribution is 2.08. The molecule has 16 heavy (non-hydrogen) atoms. The van der Waals surface area contributed by atoms with E-state index in [1.165, 1.54) is 0 Å². The molecule has 0 saturated heterocycles. The third-order valence-corrected chi connectivity index (χ3v) is 2.89. The average molecular weight is 239 g/mol. The van der Waals surface area contributed by atoms with E-state index in [9.17, 15) is 4.79 Å². The zero-order valence-electron chi connectivity index (χ0n) is 9.64. The highest BCUT2D eigenvalue weighted by atomic mass is 32.2. The molecule has 0 aliphatic rings. The fraction of sp³-hybridized carbons (Fsp3) is 0.417. The molecular formula is C12H17NO2S. The molecule has 1 aromatic rings. The Morgan fingerprint density at radius 3 is 2.88 bits per heavy atom. The van der Waals surface area contributed by atoms with Gasteiger partial charge in [0.05, 0.1) is 5.56 Å². The molecule has 88 valence electrons. The second-order valence-electron chi connectivity index (χ2n) is 3.74. The largest absolute Gasteiger partial charge is 0.478 e. The van der Waals surface area contributed by atoms with Crippen molar-refractivity contribution in [1.82, 2.24) is 4.90 Å². The van der Waals surface area contributed by atoms with Gasteiger partial charge in [-0.1, -0.05) is 12.1 Å². The first-order valence-corrected chi connectivity index (χ1v) is 6.52. The molecule has 0 aliphatic carbocycles. The van der Waals surface area contributed by atoms with E-state index < -0.39 is 5.97 Å². The molecule has 0 radical (unpaired) electrons. The van der Waals surface area contributed by atoms with E-state index in [1.54, 1.807) is 18.2 Å². The zero-order chi connectivity index (χ0) is 12.0. The molecule has 1 aromatic carbocycles. The number of nitrogens with zero attached hydrogens (tertiary/aromatic N) is 1. The van der Waals surface area contributed by atoms with Crippen LogP contribution in [0.2, 0.25) is 0 Å². The first kappa shape index (κ1) is 13.1. The van der Waals surface area contributed by atoms with Crippen molar-refractivity contribution in [2.24, 2.45) is 0 Å². The number of carboxylic acid groups (broad SMARTS) is 1. The Kier molecular flexibility index (Phi) is 5.35. The molecule has 1 rings (SSSR count). The standard InChI is InChI=1S/C12H17NO2S/c1-13(6-7-16-2)9-10-4-3-5-11(8-10)12(14)15/h3-5,8H,6-7,9H2,1-2H3,(H,14,15). The Morgan fingerprint density at radius 1 is 1.50 bits per heavy atom. The number of benzene rings is 1. The molecule has 0 atom stereocenters. The summed E-state index contributed by atoms with van der Waals surface area (Å²) in [6, 6.07) is 7.11. The number of hydrogen-bond donors (Lipinski definition) is 1. The molecule has 0 heterocycles. The van der Waals surface area contributed by atoms with E-state index >= 15 is 0 Å². The van der Waals surface area contributed by atoms with E-state index in [-0.39, 0.29) is 0 Å². The second kappa shape index (κ2) is 6.55. The van der Waals surface area contributed by atoms with Crippen molar-refractivity contribution in [2.75, 3.05) is 25.6 Å². The minimum absolute atomic E-state index is 0.357. The summed E-state index contributed by atoms with van der Waals surface area (Å²) >= 11 is 1.81. The third-order valence-electron chi connectivity index (χ3n) is 2.30. The number of hydrogen-bond acceptors (Lipinski definition) is 3. The van der Waals surface area contributed by atoms with Crippen LogP contribution in [0, 0.1) is 0 Å². The predicted molar refractivity (Wildman–Crippen MR) is 68.1 cm³/mol. The van der Waals surface area contributed by atoms with Crippen LogP contribution in [0.25, 0.3) is 0 Å². The molecule has 3 nitrogen and oxygen atoms in total. The maximum absolute atomic E-state index is 10.8. The summed E-state index contributed by atoms with van der Waals surface area (Å²) in [5.41, 5.74) is 1.40. The maximum atomic E-state index is 10.8. The van der Waals surface area contributed by atoms with Crippen molar-refractivity contribution < 1.29 is 9.90 Å². The van der Waals surface area contributed by atoms with Gasteiger partial charge in [0, 0.05) is 18.8 Å². The topological polar surface area (TPSA) is 40.5 Å². The summed E-state index contributed by atoms with van der Waals surface area (Å²) < 4.78 is 0. The van der Waals surface area contributed by atoms with Gasteiger partial charge in [-0.25, -0.2) is 4.79 Å². The Balaban J connectivity index is 2.59. The van der Waals surface area contributed by atoms with Crippen LogP contribution in [0.15, 0.2) is 24.3 Å². The van der Waals surface area contributed by atoms with Crippen LogP contribution in [0.5, 0.6) is 0 Å². The third kappa shape index (κ3) is 4.24. The number of carbonyl (C=O) groups is 1. The molecule has 0 saturated carbocycles. The van der Waals surface area contributed by atoms with Crippen LogP contribution in [0.4, 0.5) is 0 Å². The van der Waals surface area contributed by atoms with Gasteiger partial charge in [0.1, 0.15) is 0 Å². The van der Waals surface area contributed by atoms with Gasteiger partial charge in [0.25, 0.3) is 0 Å². The highest BCUT2D eigenvalue weighted by molar-refractivity contribution is 7.98. The molecule has 0 fully saturated rings. The quantitative estimate of drug-likeness (QED) is 0.826. The summed E-state index contributed by atoms with van der Waals surface area (Å²) in [6.07, 6.45) is 2.08. The number of carboxylic acids is 1. The fourth-order valence-corrected chi connectivity index (χ4v) is 1.93. The minimum atomic E-state index is -0.867. The van der Waals surface area contributed by atoms with Crippen molar-refractivity contribution in [3.63, 3.8) is 0 Å². The van der Waals surface area contributed by atoms with Crippen molar-refractivity contribution in [3.05, 3.63) is 35.4 Å². The van der Waals surface area contributed by atoms with Crippen molar-refractivity contribution in [1.29, 1.82) is 0 Å². The lowest BCUT2D eigenvalue weighted by molar-refractivity contribution is 0.0696. The lowest BCUT2D eigenvalue weighted by Gasteiger charge is -2.16. The molecule has 0 unspecified atom stereocenters. The molecule has 0 bridgehead atoms. The van der Waals surface area contributed by atoms with Crippen LogP contribution < -0.4 is 0 Å². The van der Waals surface area contributed by atoms with Gasteiger partial charge < -0.3 is 10.0 Å². The van der Waals surface area contributed by atoms with Gasteiger partial charge in [-0.2, -0.15) is 11.8 Å². The zero-order valence-corrected chi connectivity index (χ0v) is 10.5. The van der Waals surface area contributed by atoms with Gasteiger partial charge in [0.15, 0.2) is 0 Å². The van der Waals surface area contributed by atoms with Crippen LogP contribution >= 0.6 is 11.8 Å². The van der Waals surface area contributed by atoms with Crippen molar-refractivity contribution >= 4 is 17.7 Å². The number of aromatic carboxylic acids is 1. The van der Waals surface area contributed by atoms with Gasteiger partial charge >= 0.3 is 5.97 Å². The van der Waals surface area contributed by atoms with Crippen LogP contribution in [0.3, 0.4) is 0 Å². The lowest BCUT2D eigenvalue weighted by Crippen LogP contribution is -2.20. The summed E-state index contributed by atoms with van der Waals surface area (Å²) in [5.74, 6) is 0.225. The molecule has 4 heteroatoms. The Morgan fingerprint density at radius 2 is 2.25 bits per heavy atom. The monoisotopic (exact) mass is 239 g/mol. The van der Waals surface area contributed by atoms with E-state index in [1.807, 2.05) is 24.9 Å². The van der Waals surface area contributed by atoms with Crippen LogP contribution in [-0.2, 0) is 6.54 Å². The van der Waals surface area contributed by atoms with Crippen molar-refractivity contribution in [2.45, 2.75) is 6.54 Å². The molecule has 1 N–H and O–H groups in total. The maximum Gasteiger partial charge on any atom is 0.335 e. The number of rotatable bonds is 6. The summed E-state index contributed by atoms with van der Waals surface area (Å²) in [4.78, 5) is 13.0. The normalized spacial score (nSPS) is 10.7. The molecule has 0 aliphatic heterocycles. The number of thioether (sulfide) groups is 1. The lowest BCUT2D eigenvalue weighted by atomic mass is 10.1. The van der Waals surface area contributed by atoms with E-state index in [2.05, 4.69) is 11.2 Å². The summed E-state index contributed by atoms with van der Waals surface area (Å²) in [7, 11) is 2.05. The molecule has 0 amide bonds. The van der Waals surface area contributed by atoms with E-state index in [0.29, 0.717) is 5.56 Å². The van der Waals surface area contributed by atoms with Gasteiger partial charge in [0.2, 0.25) is 0 Å². The summed E-state index contributed by atoms with van der Waals surface area (Å²) in [6.45, 7) is 1.81. The predicted octanol–water partition coefficient (Wildman–Crippen LogP) is 2.18. The highest BCUT2D eigenvalue weighted by Gasteiger charge is 2.04. The van der Waals surface area contributed by atoms with E-state index in [4.69, 9.17) is 5.11 Å². The average Bonchev–Trinajstić information content (AvgIpc) is 2.26. The molecule has 0 spiro atoms. The Hall–Kier alpha value is -1.00. The summed E-state index contributed by atoms with van der Waals surface area (Å²) in [5, 5.41) is 8.87. The first-order chi connectivity index (χ1) is 7.63.